The van der Waals surface area contributed by atoms with Crippen LogP contribution in [0.1, 0.15) is 12.0 Å². The average molecular weight is 449 g/mol. The molecule has 0 aliphatic carbocycles. The van der Waals surface area contributed by atoms with Crippen molar-refractivity contribution in [1.82, 2.24) is 9.80 Å². The van der Waals surface area contributed by atoms with E-state index in [1.807, 2.05) is 45.3 Å². The van der Waals surface area contributed by atoms with Crippen LogP contribution < -0.4 is 0 Å². The minimum Gasteiger partial charge on any atom is -0.547 e. The molecule has 0 unspecified atom stereocenters. The highest BCUT2D eigenvalue weighted by Gasteiger charge is 2.57. The number of benzene rings is 1. The summed E-state index contributed by atoms with van der Waals surface area (Å²) in [6, 6.07) is 8.19. The minimum absolute atomic E-state index is 0.0224. The summed E-state index contributed by atoms with van der Waals surface area (Å²) in [4.78, 5) is 41.3. The maximum absolute atomic E-state index is 13.5. The molecule has 0 spiro atoms. The van der Waals surface area contributed by atoms with Gasteiger partial charge in [-0.15, -0.1) is 0 Å². The summed E-state index contributed by atoms with van der Waals surface area (Å²) in [6.07, 6.45) is 1.54. The van der Waals surface area contributed by atoms with Crippen molar-refractivity contribution in [1.29, 1.82) is 0 Å². The van der Waals surface area contributed by atoms with Crippen LogP contribution >= 0.6 is 0 Å². The van der Waals surface area contributed by atoms with Gasteiger partial charge in [0.05, 0.1) is 0 Å². The molecule has 2 rings (SSSR count). The van der Waals surface area contributed by atoms with E-state index in [9.17, 15) is 14.4 Å². The van der Waals surface area contributed by atoms with Crippen LogP contribution in [0.3, 0.4) is 0 Å². The SMILES string of the molecule is CN1C(=O)N(C)C(=O)C(C/C(=C\O[Si](C)(C)C)O[Si](C)(C)C)(c2ccccc2)C1=O. The third-order valence-corrected chi connectivity index (χ3v) is 6.30. The van der Waals surface area contributed by atoms with Crippen LogP contribution in [-0.4, -0.2) is 58.4 Å². The normalized spacial score (nSPS) is 18.0. The Hall–Kier alpha value is -2.40. The molecule has 1 aromatic carbocycles. The first kappa shape index (κ1) is 23.9. The van der Waals surface area contributed by atoms with Gasteiger partial charge in [0.25, 0.3) is 11.8 Å². The van der Waals surface area contributed by atoms with E-state index in [0.29, 0.717) is 11.3 Å². The first-order valence-electron chi connectivity index (χ1n) is 9.91. The molecule has 30 heavy (non-hydrogen) atoms. The number of carbonyl (C=O) groups excluding carboxylic acids is 3. The molecule has 164 valence electrons. The van der Waals surface area contributed by atoms with Crippen LogP contribution in [-0.2, 0) is 23.9 Å². The second-order valence-electron chi connectivity index (χ2n) is 9.49. The zero-order chi connectivity index (χ0) is 22.9. The molecular formula is C21H32N2O5Si2. The summed E-state index contributed by atoms with van der Waals surface area (Å²) >= 11 is 0. The van der Waals surface area contributed by atoms with Gasteiger partial charge in [-0.3, -0.25) is 19.4 Å². The van der Waals surface area contributed by atoms with Crippen molar-refractivity contribution in [3.8, 4) is 0 Å². The first-order chi connectivity index (χ1) is 13.7. The molecule has 0 saturated carbocycles. The van der Waals surface area contributed by atoms with Crippen LogP contribution in [0, 0.1) is 0 Å². The lowest BCUT2D eigenvalue weighted by Gasteiger charge is -2.42. The number of amides is 4. The molecule has 0 aromatic heterocycles. The fourth-order valence-electron chi connectivity index (χ4n) is 3.28. The first-order valence-corrected chi connectivity index (χ1v) is 16.7. The van der Waals surface area contributed by atoms with Gasteiger partial charge < -0.3 is 8.85 Å². The van der Waals surface area contributed by atoms with Gasteiger partial charge in [-0.2, -0.15) is 0 Å². The Morgan fingerprint density at radius 3 is 1.83 bits per heavy atom. The lowest BCUT2D eigenvalue weighted by molar-refractivity contribution is -0.150. The Balaban J connectivity index is 2.66. The monoisotopic (exact) mass is 448 g/mol. The maximum atomic E-state index is 13.5. The van der Waals surface area contributed by atoms with Crippen molar-refractivity contribution < 1.29 is 23.2 Å². The summed E-state index contributed by atoms with van der Waals surface area (Å²) in [7, 11) is -1.21. The van der Waals surface area contributed by atoms with Gasteiger partial charge in [0, 0.05) is 20.5 Å². The summed E-state index contributed by atoms with van der Waals surface area (Å²) < 4.78 is 12.2. The molecule has 1 aliphatic heterocycles. The third-order valence-electron chi connectivity index (χ3n) is 4.60. The minimum atomic E-state index is -2.08. The van der Waals surface area contributed by atoms with E-state index in [0.717, 1.165) is 9.80 Å². The highest BCUT2D eigenvalue weighted by Crippen LogP contribution is 2.39. The molecule has 1 saturated heterocycles. The topological polar surface area (TPSA) is 76.2 Å². The van der Waals surface area contributed by atoms with Crippen molar-refractivity contribution in [2.24, 2.45) is 0 Å². The number of carbonyl (C=O) groups is 3. The number of rotatable bonds is 7. The van der Waals surface area contributed by atoms with Gasteiger partial charge in [-0.1, -0.05) is 30.3 Å². The number of imide groups is 2. The van der Waals surface area contributed by atoms with Crippen molar-refractivity contribution >= 4 is 34.5 Å². The van der Waals surface area contributed by atoms with Gasteiger partial charge >= 0.3 is 6.03 Å². The van der Waals surface area contributed by atoms with Crippen LogP contribution in [0.15, 0.2) is 42.4 Å². The maximum Gasteiger partial charge on any atom is 0.332 e. The fraction of sp³-hybridized carbons (Fsp3) is 0.476. The van der Waals surface area contributed by atoms with Crippen LogP contribution in [0.5, 0.6) is 0 Å². The summed E-state index contributed by atoms with van der Waals surface area (Å²) in [5.74, 6) is -0.696. The van der Waals surface area contributed by atoms with Gasteiger partial charge in [-0.25, -0.2) is 4.79 Å². The molecule has 0 N–H and O–H groups in total. The smallest absolute Gasteiger partial charge is 0.332 e. The standard InChI is InChI=1S/C21H32N2O5Si2/c1-22-18(24)21(16-12-10-9-11-13-16,19(25)23(2)20(22)26)14-17(28-30(6,7)8)15-27-29(3,4)5/h9-13,15H,14H2,1-8H3/b17-15+. The number of likely N-dealkylation sites (N-methyl/N-ethyl adjacent to an activating group) is 2. The van der Waals surface area contributed by atoms with Crippen LogP contribution in [0.4, 0.5) is 4.79 Å². The molecule has 9 heteroatoms. The lowest BCUT2D eigenvalue weighted by Crippen LogP contribution is -2.65. The predicted molar refractivity (Wildman–Crippen MR) is 121 cm³/mol. The molecule has 1 heterocycles. The van der Waals surface area contributed by atoms with Crippen molar-refractivity contribution in [2.75, 3.05) is 14.1 Å². The summed E-state index contributed by atoms with van der Waals surface area (Å²) in [5, 5.41) is 0. The Kier molecular flexibility index (Phi) is 6.67. The third kappa shape index (κ3) is 5.01. The zero-order valence-electron chi connectivity index (χ0n) is 19.1. The largest absolute Gasteiger partial charge is 0.547 e. The van der Waals surface area contributed by atoms with Gasteiger partial charge in [0.1, 0.15) is 12.0 Å². The average Bonchev–Trinajstić information content (AvgIpc) is 2.65. The van der Waals surface area contributed by atoms with E-state index in [1.165, 1.54) is 14.1 Å². The van der Waals surface area contributed by atoms with E-state index in [4.69, 9.17) is 8.85 Å². The quantitative estimate of drug-likeness (QED) is 0.359. The Bertz CT molecular complexity index is 832. The Labute approximate surface area is 180 Å². The summed E-state index contributed by atoms with van der Waals surface area (Å²) in [5.41, 5.74) is -1.09. The van der Waals surface area contributed by atoms with E-state index >= 15 is 0 Å². The van der Waals surface area contributed by atoms with Gasteiger partial charge in [0.15, 0.2) is 5.41 Å². The molecule has 0 bridgehead atoms. The second-order valence-corrected chi connectivity index (χ2v) is 18.4. The number of barbiturate groups is 1. The van der Waals surface area contributed by atoms with Crippen LogP contribution in [0.25, 0.3) is 0 Å². The van der Waals surface area contributed by atoms with Crippen molar-refractivity contribution in [3.05, 3.63) is 47.9 Å². The van der Waals surface area contributed by atoms with E-state index in [-0.39, 0.29) is 6.42 Å². The Morgan fingerprint density at radius 2 is 1.40 bits per heavy atom. The number of hydrogen-bond donors (Lipinski definition) is 0. The number of hydrogen-bond acceptors (Lipinski definition) is 5. The van der Waals surface area contributed by atoms with E-state index in [1.54, 1.807) is 30.5 Å². The molecule has 7 nitrogen and oxygen atoms in total. The van der Waals surface area contributed by atoms with E-state index in [2.05, 4.69) is 0 Å². The fourth-order valence-corrected chi connectivity index (χ4v) is 4.68. The molecule has 1 fully saturated rings. The van der Waals surface area contributed by atoms with Gasteiger partial charge in [-0.05, 0) is 44.8 Å². The van der Waals surface area contributed by atoms with Crippen molar-refractivity contribution in [3.63, 3.8) is 0 Å². The van der Waals surface area contributed by atoms with Crippen LogP contribution in [0.2, 0.25) is 39.3 Å². The molecule has 4 amide bonds. The number of urea groups is 1. The van der Waals surface area contributed by atoms with Gasteiger partial charge in [0.2, 0.25) is 16.6 Å². The number of allylic oxidation sites excluding steroid dienone is 1. The highest BCUT2D eigenvalue weighted by atomic mass is 28.4. The molecular weight excluding hydrogens is 416 g/mol. The summed E-state index contributed by atoms with van der Waals surface area (Å²) in [6.45, 7) is 12.2. The molecule has 1 aromatic rings. The molecule has 0 radical (unpaired) electrons. The zero-order valence-corrected chi connectivity index (χ0v) is 21.1. The molecule has 0 atom stereocenters. The van der Waals surface area contributed by atoms with Crippen molar-refractivity contribution in [2.45, 2.75) is 51.1 Å². The lowest BCUT2D eigenvalue weighted by atomic mass is 9.73. The second kappa shape index (κ2) is 8.39. The van der Waals surface area contributed by atoms with E-state index < -0.39 is 39.9 Å². The predicted octanol–water partition coefficient (Wildman–Crippen LogP) is 3.91. The highest BCUT2D eigenvalue weighted by molar-refractivity contribution is 6.70. The Morgan fingerprint density at radius 1 is 0.900 bits per heavy atom. The number of nitrogens with zero attached hydrogens (tertiary/aromatic N) is 2. The molecule has 1 aliphatic rings.